The van der Waals surface area contributed by atoms with Gasteiger partial charge in [0.15, 0.2) is 34.5 Å². The van der Waals surface area contributed by atoms with E-state index >= 15 is 0 Å². The van der Waals surface area contributed by atoms with E-state index in [9.17, 15) is 14.4 Å². The van der Waals surface area contributed by atoms with Crippen LogP contribution in [0.4, 0.5) is 0 Å². The van der Waals surface area contributed by atoms with Crippen LogP contribution in [0, 0.1) is 53.2 Å². The average Bonchev–Trinajstić information content (AvgIpc) is 0.740. The van der Waals surface area contributed by atoms with Crippen molar-refractivity contribution in [2.75, 3.05) is 81.9 Å². The number of nitrogens with two attached hydrogens (primary N) is 3. The first-order valence-corrected chi connectivity index (χ1v) is 31.3. The molecule has 0 spiro atoms. The molecular formula is C72H114N6O12. The van der Waals surface area contributed by atoms with Crippen molar-refractivity contribution in [3.05, 3.63) is 69.8 Å². The fourth-order valence-electron chi connectivity index (χ4n) is 13.0. The van der Waals surface area contributed by atoms with Gasteiger partial charge in [-0.1, -0.05) is 82.9 Å². The molecule has 3 unspecified atom stereocenters. The number of ether oxygens (including phenoxy) is 9. The van der Waals surface area contributed by atoms with E-state index in [1.807, 2.05) is 29.2 Å². The normalized spacial score (nSPS) is 31.3. The van der Waals surface area contributed by atoms with Gasteiger partial charge in [-0.2, -0.15) is 0 Å². The first-order chi connectivity index (χ1) is 50.8. The molecule has 6 aliphatic rings. The number of methoxy groups -OCH3 is 6. The highest BCUT2D eigenvalue weighted by Crippen LogP contribution is 2.48. The molecule has 3 aromatic rings. The fourth-order valence-corrected chi connectivity index (χ4v) is 13.0. The number of hydrogen-bond acceptors (Lipinski definition) is 18. The quantitative estimate of drug-likeness (QED) is 0.0666. The Morgan fingerprint density at radius 1 is 0.456 bits per heavy atom. The minimum atomic E-state index is -2.93. The summed E-state index contributed by atoms with van der Waals surface area (Å²) < 4.78 is 222. The van der Waals surface area contributed by atoms with Gasteiger partial charge in [-0.05, 0) is 144 Å². The Morgan fingerprint density at radius 2 is 0.711 bits per heavy atom. The smallest absolute Gasteiger partial charge is 0.323 e. The summed E-state index contributed by atoms with van der Waals surface area (Å²) >= 11 is 0. The Balaban J connectivity index is 0.000000231. The zero-order valence-electron chi connectivity index (χ0n) is 76.1. The Kier molecular flexibility index (Phi) is 17.1. The lowest BCUT2D eigenvalue weighted by molar-refractivity contribution is -0.161. The van der Waals surface area contributed by atoms with Crippen molar-refractivity contribution >= 4 is 17.9 Å². The van der Waals surface area contributed by atoms with Gasteiger partial charge in [0, 0.05) is 119 Å². The van der Waals surface area contributed by atoms with E-state index in [0.717, 1.165) is 54.2 Å². The number of carbonyl (C=O) groups excluding carboxylic acids is 3. The largest absolute Gasteiger partial charge is 0.493 e. The van der Waals surface area contributed by atoms with Crippen LogP contribution in [-0.2, 0) is 47.9 Å². The molecule has 0 saturated carbocycles. The molecule has 90 heavy (non-hydrogen) atoms. The molecule has 3 fully saturated rings. The van der Waals surface area contributed by atoms with Crippen molar-refractivity contribution < 1.29 is 85.8 Å². The van der Waals surface area contributed by atoms with Gasteiger partial charge >= 0.3 is 17.9 Å². The lowest BCUT2D eigenvalue weighted by Crippen LogP contribution is -2.51. The predicted octanol–water partition coefficient (Wildman–Crippen LogP) is 10.7. The van der Waals surface area contributed by atoms with Crippen molar-refractivity contribution in [1.82, 2.24) is 14.7 Å². The highest BCUT2D eigenvalue weighted by atomic mass is 16.6. The highest BCUT2D eigenvalue weighted by Gasteiger charge is 2.45. The van der Waals surface area contributed by atoms with Crippen molar-refractivity contribution in [2.45, 2.75) is 195 Å². The monoisotopic (exact) mass is 1280 g/mol. The standard InChI is InChI=1S/3C24H38N2O4/c3*1-14(2)9-17-13-26-8-7-16-10-21(28-5)22(29-6)11-18(16)19(26)12-20(17)30-24(27)23(25)15(3)4/h3*10-11,14-15,17,19-20,23H,7-9,12-13,25H2,1-6H3/t3*17-,19-,20-,23-/m000/s1/i1D3,5D3,9D2,14D;2*1D3,9D2,14D/t3*14?,17-,19-,20-,23-. The molecule has 9 rings (SSSR count). The first-order valence-electron chi connectivity index (χ1n) is 41.8. The Labute approximate surface area is 569 Å². The molecule has 0 bridgehead atoms. The van der Waals surface area contributed by atoms with Gasteiger partial charge in [0.1, 0.15) is 36.4 Å². The van der Waals surface area contributed by atoms with Crippen LogP contribution in [0.5, 0.6) is 34.5 Å². The number of esters is 3. The summed E-state index contributed by atoms with van der Waals surface area (Å²) in [6.07, 6.45) is -8.11. The molecule has 6 N–H and O–H groups in total. The van der Waals surface area contributed by atoms with Gasteiger partial charge < -0.3 is 59.8 Å². The maximum Gasteiger partial charge on any atom is 0.323 e. The fraction of sp³-hybridized carbons (Fsp3) is 0.708. The van der Waals surface area contributed by atoms with Crippen molar-refractivity contribution in [3.8, 4) is 34.5 Å². The molecule has 0 aromatic heterocycles. The summed E-state index contributed by atoms with van der Waals surface area (Å²) in [6.45, 7) is 7.16. The summed E-state index contributed by atoms with van der Waals surface area (Å²) in [7, 11) is 4.97. The maximum atomic E-state index is 12.9. The van der Waals surface area contributed by atoms with Crippen LogP contribution in [0.2, 0.25) is 0 Å². The second kappa shape index (κ2) is 32.5. The third-order valence-electron chi connectivity index (χ3n) is 18.2. The molecule has 504 valence electrons. The lowest BCUT2D eigenvalue weighted by Gasteiger charge is -2.47. The van der Waals surface area contributed by atoms with E-state index in [2.05, 4.69) is 9.80 Å². The molecule has 0 radical (unpaired) electrons. The number of nitrogens with zero attached hydrogens (tertiary/aromatic N) is 3. The first kappa shape index (κ1) is 47.5. The van der Waals surface area contributed by atoms with Crippen LogP contribution in [0.1, 0.15) is 202 Å². The van der Waals surface area contributed by atoms with Crippen LogP contribution in [0.3, 0.4) is 0 Å². The molecule has 0 aliphatic carbocycles. The number of hydrogen-bond donors (Lipinski definition) is 3. The number of rotatable bonds is 21. The number of carbonyl (C=O) groups is 3. The van der Waals surface area contributed by atoms with E-state index in [4.69, 9.17) is 88.6 Å². The Morgan fingerprint density at radius 3 is 0.944 bits per heavy atom. The van der Waals surface area contributed by atoms with Crippen LogP contribution in [0.25, 0.3) is 0 Å². The second-order valence-corrected chi connectivity index (χ2v) is 25.5. The Hall–Kier alpha value is -5.37. The minimum absolute atomic E-state index is 0.0341. The van der Waals surface area contributed by atoms with Crippen LogP contribution >= 0.6 is 0 Å². The summed E-state index contributed by atoms with van der Waals surface area (Å²) in [5.74, 6) is -10.6. The highest BCUT2D eigenvalue weighted by molar-refractivity contribution is 5.77. The predicted molar refractivity (Wildman–Crippen MR) is 353 cm³/mol. The molecule has 3 aromatic carbocycles. The van der Waals surface area contributed by atoms with E-state index in [-0.39, 0.29) is 86.3 Å². The average molecular weight is 1280 g/mol. The zero-order chi connectivity index (χ0) is 84.1. The Bertz CT molecular complexity index is 3590. The topological polar surface area (TPSA) is 222 Å². The van der Waals surface area contributed by atoms with Gasteiger partial charge in [0.05, 0.1) is 46.7 Å². The second-order valence-electron chi connectivity index (χ2n) is 25.5. The van der Waals surface area contributed by atoms with Gasteiger partial charge in [-0.15, -0.1) is 0 Å². The van der Waals surface area contributed by atoms with E-state index < -0.39 is 136 Å². The summed E-state index contributed by atoms with van der Waals surface area (Å²) in [5, 5.41) is 0. The molecule has 3 saturated heterocycles. The van der Waals surface area contributed by atoms with Gasteiger partial charge in [0.2, 0.25) is 0 Å². The van der Waals surface area contributed by atoms with E-state index in [0.29, 0.717) is 61.9 Å². The number of piperidine rings is 3. The van der Waals surface area contributed by atoms with Crippen molar-refractivity contribution in [3.63, 3.8) is 0 Å². The van der Waals surface area contributed by atoms with Gasteiger partial charge in [-0.3, -0.25) is 29.1 Å². The molecule has 15 atom stereocenters. The molecule has 6 heterocycles. The van der Waals surface area contributed by atoms with Crippen LogP contribution < -0.4 is 45.6 Å². The van der Waals surface area contributed by atoms with Gasteiger partial charge in [0.25, 0.3) is 0 Å². The summed E-state index contributed by atoms with van der Waals surface area (Å²) in [6, 6.07) is 7.41. The lowest BCUT2D eigenvalue weighted by atomic mass is 9.79. The third-order valence-corrected chi connectivity index (χ3v) is 18.2. The minimum Gasteiger partial charge on any atom is -0.493 e. The summed E-state index contributed by atoms with van der Waals surface area (Å²) in [4.78, 5) is 44.8. The number of fused-ring (bicyclic) bond motifs is 9. The van der Waals surface area contributed by atoms with E-state index in [1.165, 1.54) is 7.11 Å². The molecule has 0 amide bonds. The third kappa shape index (κ3) is 17.5. The van der Waals surface area contributed by atoms with E-state index in [1.54, 1.807) is 82.1 Å². The van der Waals surface area contributed by atoms with Crippen molar-refractivity contribution in [1.29, 1.82) is 0 Å². The van der Waals surface area contributed by atoms with Crippen LogP contribution in [0.15, 0.2) is 36.4 Å². The molecule has 18 nitrogen and oxygen atoms in total. The maximum absolute atomic E-state index is 12.9. The van der Waals surface area contributed by atoms with Crippen LogP contribution in [-0.4, -0.2) is 151 Å². The molecule has 18 heteroatoms. The van der Waals surface area contributed by atoms with Crippen molar-refractivity contribution in [2.24, 2.45) is 70.4 Å². The van der Waals surface area contributed by atoms with Gasteiger partial charge in [-0.25, -0.2) is 0 Å². The number of benzene rings is 3. The zero-order valence-corrected chi connectivity index (χ0v) is 55.1. The molecular weight excluding hydrogens is 1140 g/mol. The summed E-state index contributed by atoms with van der Waals surface area (Å²) in [5.41, 5.74) is 23.7. The molecule has 6 aliphatic heterocycles. The SMILES string of the molecule is [2H]C([2H])([2H])C([2H])(C)C([2H])([2H])[C@H]1CN2CCc3cc(OC)c(OC)cc3[C@@H]2C[C@@H]1OC(=O)[C@@H](N)C(C)C.[2H]C([2H])([2H])C([2H])(C)C([2H])([2H])[C@H]1CN2CCc3cc(OC)c(OC)cc3[C@@H]2C[C@@H]1OC(=O)[C@@H](N)C(C)C.[2H]C([2H])([2H])Oc1cc2c(cc1OC)[C@@H]1C[C@H](OC(=O)[C@@H](N)C(C)C)[C@@H](C([2H])([2H])C([2H])(C)C([2H])([2H])[2H])CN1CC2.